The highest BCUT2D eigenvalue weighted by atomic mass is 16.5. The first-order valence-corrected chi connectivity index (χ1v) is 5.93. The monoisotopic (exact) mass is 247 g/mol. The Balaban J connectivity index is 2.06. The van der Waals surface area contributed by atoms with E-state index in [4.69, 9.17) is 15.4 Å². The van der Waals surface area contributed by atoms with Gasteiger partial charge < -0.3 is 15.4 Å². The number of nitrogens with two attached hydrogens (primary N) is 1. The van der Waals surface area contributed by atoms with E-state index in [1.165, 1.54) is 5.56 Å². The van der Waals surface area contributed by atoms with Crippen LogP contribution in [0, 0.1) is 6.92 Å². The Labute approximate surface area is 106 Å². The zero-order valence-corrected chi connectivity index (χ0v) is 10.3. The zero-order chi connectivity index (χ0) is 13.0. The average molecular weight is 247 g/mol. The van der Waals surface area contributed by atoms with Crippen molar-refractivity contribution in [3.63, 3.8) is 0 Å². The molecule has 1 aromatic carbocycles. The minimum Gasteiger partial charge on any atom is -0.396 e. The van der Waals surface area contributed by atoms with E-state index in [0.717, 1.165) is 5.56 Å². The summed E-state index contributed by atoms with van der Waals surface area (Å²) < 4.78 is 5.08. The van der Waals surface area contributed by atoms with Crippen LogP contribution in [0.4, 0.5) is 0 Å². The molecule has 5 nitrogen and oxygen atoms in total. The molecule has 0 bridgehead atoms. The molecule has 96 valence electrons. The van der Waals surface area contributed by atoms with Crippen molar-refractivity contribution >= 4 is 0 Å². The molecule has 1 aromatic heterocycles. The Kier molecular flexibility index (Phi) is 4.07. The van der Waals surface area contributed by atoms with Gasteiger partial charge in [-0.3, -0.25) is 0 Å². The second-order valence-electron chi connectivity index (χ2n) is 4.33. The Hall–Kier alpha value is -1.72. The number of benzene rings is 1. The van der Waals surface area contributed by atoms with Crippen LogP contribution in [-0.2, 0) is 6.42 Å². The fraction of sp³-hybridized carbons (Fsp3) is 0.385. The van der Waals surface area contributed by atoms with Crippen LogP contribution in [0.5, 0.6) is 0 Å². The Bertz CT molecular complexity index is 510. The summed E-state index contributed by atoms with van der Waals surface area (Å²) in [5.41, 5.74) is 8.12. The number of aryl methyl sites for hydroxylation is 1. The first-order valence-electron chi connectivity index (χ1n) is 5.93. The van der Waals surface area contributed by atoms with Crippen LogP contribution < -0.4 is 5.73 Å². The summed E-state index contributed by atoms with van der Waals surface area (Å²) in [6.07, 6.45) is 1.04. The summed E-state index contributed by atoms with van der Waals surface area (Å²) in [5, 5.41) is 12.7. The van der Waals surface area contributed by atoms with Crippen LogP contribution in [0.15, 0.2) is 28.8 Å². The lowest BCUT2D eigenvalue weighted by Crippen LogP contribution is -2.12. The van der Waals surface area contributed by atoms with Gasteiger partial charge in [0.05, 0.1) is 6.04 Å². The average Bonchev–Trinajstić information content (AvgIpc) is 2.78. The maximum Gasteiger partial charge on any atom is 0.243 e. The molecule has 0 saturated carbocycles. The van der Waals surface area contributed by atoms with E-state index in [-0.39, 0.29) is 6.61 Å². The van der Waals surface area contributed by atoms with E-state index in [2.05, 4.69) is 16.2 Å². The summed E-state index contributed by atoms with van der Waals surface area (Å²) >= 11 is 0. The van der Waals surface area contributed by atoms with Crippen molar-refractivity contribution < 1.29 is 9.63 Å². The van der Waals surface area contributed by atoms with Gasteiger partial charge in [0, 0.05) is 13.0 Å². The maximum atomic E-state index is 8.80. The number of aromatic nitrogens is 2. The molecule has 5 heteroatoms. The van der Waals surface area contributed by atoms with Gasteiger partial charge in [0.2, 0.25) is 5.89 Å². The topological polar surface area (TPSA) is 85.2 Å². The minimum absolute atomic E-state index is 0.0107. The van der Waals surface area contributed by atoms with Gasteiger partial charge in [-0.15, -0.1) is 0 Å². The van der Waals surface area contributed by atoms with Crippen molar-refractivity contribution in [2.75, 3.05) is 6.61 Å². The van der Waals surface area contributed by atoms with E-state index in [1.54, 1.807) is 0 Å². The fourth-order valence-corrected chi connectivity index (χ4v) is 1.76. The third-order valence-electron chi connectivity index (χ3n) is 2.69. The molecule has 0 amide bonds. The molecular formula is C13H17N3O2. The molecule has 0 spiro atoms. The van der Waals surface area contributed by atoms with Crippen LogP contribution in [-0.4, -0.2) is 21.9 Å². The number of aliphatic hydroxyl groups is 1. The second kappa shape index (κ2) is 5.75. The Morgan fingerprint density at radius 3 is 3.00 bits per heavy atom. The zero-order valence-electron chi connectivity index (χ0n) is 10.3. The molecule has 1 unspecified atom stereocenters. The number of aliphatic hydroxyl groups excluding tert-OH is 1. The molecular weight excluding hydrogens is 230 g/mol. The molecule has 1 atom stereocenters. The van der Waals surface area contributed by atoms with E-state index in [9.17, 15) is 0 Å². The summed E-state index contributed by atoms with van der Waals surface area (Å²) in [6.45, 7) is 2.05. The van der Waals surface area contributed by atoms with E-state index < -0.39 is 6.04 Å². The van der Waals surface area contributed by atoms with Gasteiger partial charge in [-0.2, -0.15) is 4.98 Å². The van der Waals surface area contributed by atoms with Crippen LogP contribution in [0.3, 0.4) is 0 Å². The molecule has 0 saturated heterocycles. The van der Waals surface area contributed by atoms with Crippen LogP contribution in [0.2, 0.25) is 0 Å². The molecule has 0 aliphatic rings. The summed E-state index contributed by atoms with van der Waals surface area (Å²) in [6, 6.07) is 7.76. The molecule has 0 aliphatic heterocycles. The normalized spacial score (nSPS) is 12.6. The molecule has 2 aromatic rings. The van der Waals surface area contributed by atoms with Crippen molar-refractivity contribution in [2.24, 2.45) is 5.73 Å². The van der Waals surface area contributed by atoms with Crippen molar-refractivity contribution in [1.82, 2.24) is 10.1 Å². The first kappa shape index (κ1) is 12.7. The molecule has 1 heterocycles. The predicted molar refractivity (Wildman–Crippen MR) is 66.9 cm³/mol. The highest BCUT2D eigenvalue weighted by Crippen LogP contribution is 2.13. The Morgan fingerprint density at radius 1 is 1.44 bits per heavy atom. The molecule has 0 aliphatic carbocycles. The van der Waals surface area contributed by atoms with Crippen LogP contribution in [0.1, 0.15) is 35.3 Å². The molecule has 0 radical (unpaired) electrons. The highest BCUT2D eigenvalue weighted by Gasteiger charge is 2.14. The third-order valence-corrected chi connectivity index (χ3v) is 2.69. The van der Waals surface area contributed by atoms with E-state index in [1.807, 2.05) is 25.1 Å². The van der Waals surface area contributed by atoms with E-state index in [0.29, 0.717) is 24.6 Å². The quantitative estimate of drug-likeness (QED) is 0.833. The number of rotatable bonds is 5. The SMILES string of the molecule is Cc1cccc(Cc2noc(C(N)CCO)n2)c1. The van der Waals surface area contributed by atoms with Gasteiger partial charge in [-0.05, 0) is 18.9 Å². The standard InChI is InChI=1S/C13H17N3O2/c1-9-3-2-4-10(7-9)8-12-15-13(18-16-12)11(14)5-6-17/h2-4,7,11,17H,5-6,8,14H2,1H3. The lowest BCUT2D eigenvalue weighted by Gasteiger charge is -2.01. The van der Waals surface area contributed by atoms with Crippen molar-refractivity contribution in [3.8, 4) is 0 Å². The van der Waals surface area contributed by atoms with Crippen molar-refractivity contribution in [2.45, 2.75) is 25.8 Å². The molecule has 2 rings (SSSR count). The summed E-state index contributed by atoms with van der Waals surface area (Å²) in [5.74, 6) is 0.996. The molecule has 18 heavy (non-hydrogen) atoms. The number of hydrogen-bond acceptors (Lipinski definition) is 5. The minimum atomic E-state index is -0.395. The smallest absolute Gasteiger partial charge is 0.243 e. The highest BCUT2D eigenvalue weighted by molar-refractivity contribution is 5.24. The van der Waals surface area contributed by atoms with Crippen LogP contribution in [0.25, 0.3) is 0 Å². The third kappa shape index (κ3) is 3.15. The van der Waals surface area contributed by atoms with Gasteiger partial charge >= 0.3 is 0 Å². The van der Waals surface area contributed by atoms with Gasteiger partial charge in [0.15, 0.2) is 5.82 Å². The van der Waals surface area contributed by atoms with Gasteiger partial charge in [-0.1, -0.05) is 35.0 Å². The second-order valence-corrected chi connectivity index (χ2v) is 4.33. The van der Waals surface area contributed by atoms with Gasteiger partial charge in [-0.25, -0.2) is 0 Å². The number of nitrogens with zero attached hydrogens (tertiary/aromatic N) is 2. The predicted octanol–water partition coefficient (Wildman–Crippen LogP) is 1.35. The summed E-state index contributed by atoms with van der Waals surface area (Å²) in [4.78, 5) is 4.24. The lowest BCUT2D eigenvalue weighted by molar-refractivity contribution is 0.259. The molecule has 0 fully saturated rings. The maximum absolute atomic E-state index is 8.80. The number of hydrogen-bond donors (Lipinski definition) is 2. The fourth-order valence-electron chi connectivity index (χ4n) is 1.76. The van der Waals surface area contributed by atoms with Crippen molar-refractivity contribution in [3.05, 3.63) is 47.1 Å². The first-order chi connectivity index (χ1) is 8.69. The van der Waals surface area contributed by atoms with Crippen LogP contribution >= 0.6 is 0 Å². The van der Waals surface area contributed by atoms with Crippen molar-refractivity contribution in [1.29, 1.82) is 0 Å². The van der Waals surface area contributed by atoms with Gasteiger partial charge in [0.25, 0.3) is 0 Å². The lowest BCUT2D eigenvalue weighted by atomic mass is 10.1. The van der Waals surface area contributed by atoms with Gasteiger partial charge in [0.1, 0.15) is 0 Å². The summed E-state index contributed by atoms with van der Waals surface area (Å²) in [7, 11) is 0. The van der Waals surface area contributed by atoms with E-state index >= 15 is 0 Å². The molecule has 3 N–H and O–H groups in total. The Morgan fingerprint density at radius 2 is 2.28 bits per heavy atom. The largest absolute Gasteiger partial charge is 0.396 e.